The number of carboxylic acids is 1. The van der Waals surface area contributed by atoms with E-state index in [1.807, 2.05) is 0 Å². The lowest BCUT2D eigenvalue weighted by Crippen LogP contribution is -2.03. The van der Waals surface area contributed by atoms with Gasteiger partial charge in [-0.15, -0.1) is 0 Å². The van der Waals surface area contributed by atoms with E-state index in [1.165, 1.54) is 25.4 Å². The normalized spacial score (nSPS) is 10.1. The zero-order valence-corrected chi connectivity index (χ0v) is 9.62. The molecule has 0 amide bonds. The summed E-state index contributed by atoms with van der Waals surface area (Å²) in [5.41, 5.74) is 0.0651. The van der Waals surface area contributed by atoms with E-state index in [9.17, 15) is 4.79 Å². The Morgan fingerprint density at radius 1 is 1.44 bits per heavy atom. The molecule has 94 valence electrons. The van der Waals surface area contributed by atoms with Gasteiger partial charge in [-0.3, -0.25) is 0 Å². The summed E-state index contributed by atoms with van der Waals surface area (Å²) in [4.78, 5) is 11.0. The second-order valence-corrected chi connectivity index (χ2v) is 3.43. The first-order valence-electron chi connectivity index (χ1n) is 5.14. The van der Waals surface area contributed by atoms with Crippen molar-refractivity contribution >= 4 is 5.97 Å². The van der Waals surface area contributed by atoms with E-state index < -0.39 is 5.97 Å². The number of carbonyl (C=O) groups is 1. The molecule has 0 atom stereocenters. The molecule has 0 radical (unpaired) electrons. The van der Waals surface area contributed by atoms with Gasteiger partial charge in [0.15, 0.2) is 5.76 Å². The Kier molecular flexibility index (Phi) is 3.47. The number of hydrogen-bond acceptors (Lipinski definition) is 5. The maximum Gasteiger partial charge on any atom is 0.339 e. The van der Waals surface area contributed by atoms with Crippen LogP contribution in [0.3, 0.4) is 0 Å². The SMILES string of the molecule is COc1ccc(C(=O)O)c(OCc2ccno2)c1. The van der Waals surface area contributed by atoms with Crippen molar-refractivity contribution in [1.29, 1.82) is 0 Å². The van der Waals surface area contributed by atoms with Crippen LogP contribution in [0.15, 0.2) is 35.0 Å². The summed E-state index contributed by atoms with van der Waals surface area (Å²) in [6.07, 6.45) is 1.49. The summed E-state index contributed by atoms with van der Waals surface area (Å²) in [6, 6.07) is 6.14. The topological polar surface area (TPSA) is 81.8 Å². The lowest BCUT2D eigenvalue weighted by Gasteiger charge is -2.09. The molecule has 0 bridgehead atoms. The van der Waals surface area contributed by atoms with Gasteiger partial charge in [0.2, 0.25) is 0 Å². The molecule has 0 fully saturated rings. The molecule has 2 aromatic rings. The summed E-state index contributed by atoms with van der Waals surface area (Å²) in [7, 11) is 1.50. The van der Waals surface area contributed by atoms with Crippen molar-refractivity contribution in [3.63, 3.8) is 0 Å². The monoisotopic (exact) mass is 249 g/mol. The second-order valence-electron chi connectivity index (χ2n) is 3.43. The van der Waals surface area contributed by atoms with Crippen LogP contribution in [0.5, 0.6) is 11.5 Å². The van der Waals surface area contributed by atoms with Crippen LogP contribution in [0, 0.1) is 0 Å². The minimum atomic E-state index is -1.06. The van der Waals surface area contributed by atoms with Crippen molar-refractivity contribution in [2.75, 3.05) is 7.11 Å². The van der Waals surface area contributed by atoms with Crippen molar-refractivity contribution < 1.29 is 23.9 Å². The average Bonchev–Trinajstić information content (AvgIpc) is 2.88. The largest absolute Gasteiger partial charge is 0.497 e. The molecule has 0 saturated heterocycles. The van der Waals surface area contributed by atoms with E-state index in [2.05, 4.69) is 5.16 Å². The molecular weight excluding hydrogens is 238 g/mol. The third-order valence-corrected chi connectivity index (χ3v) is 2.28. The lowest BCUT2D eigenvalue weighted by atomic mass is 10.2. The van der Waals surface area contributed by atoms with Crippen LogP contribution in [-0.2, 0) is 6.61 Å². The third kappa shape index (κ3) is 2.60. The Morgan fingerprint density at radius 3 is 2.89 bits per heavy atom. The van der Waals surface area contributed by atoms with Crippen LogP contribution in [0.2, 0.25) is 0 Å². The Labute approximate surface area is 103 Å². The van der Waals surface area contributed by atoms with E-state index in [1.54, 1.807) is 12.1 Å². The summed E-state index contributed by atoms with van der Waals surface area (Å²) in [5.74, 6) is 0.185. The molecule has 1 aromatic carbocycles. The molecule has 0 saturated carbocycles. The van der Waals surface area contributed by atoms with Gasteiger partial charge in [-0.2, -0.15) is 0 Å². The molecule has 0 spiro atoms. The lowest BCUT2D eigenvalue weighted by molar-refractivity contribution is 0.0691. The Bertz CT molecular complexity index is 535. The average molecular weight is 249 g/mol. The predicted molar refractivity (Wildman–Crippen MR) is 60.8 cm³/mol. The smallest absolute Gasteiger partial charge is 0.339 e. The minimum Gasteiger partial charge on any atom is -0.497 e. The van der Waals surface area contributed by atoms with E-state index in [4.69, 9.17) is 19.1 Å². The van der Waals surface area contributed by atoms with Gasteiger partial charge in [0.1, 0.15) is 23.7 Å². The summed E-state index contributed by atoms with van der Waals surface area (Å²) >= 11 is 0. The number of benzene rings is 1. The zero-order chi connectivity index (χ0) is 13.0. The highest BCUT2D eigenvalue weighted by atomic mass is 16.5. The van der Waals surface area contributed by atoms with E-state index in [-0.39, 0.29) is 17.9 Å². The molecule has 18 heavy (non-hydrogen) atoms. The van der Waals surface area contributed by atoms with Gasteiger partial charge in [0.25, 0.3) is 0 Å². The van der Waals surface area contributed by atoms with Crippen LogP contribution in [0.25, 0.3) is 0 Å². The summed E-state index contributed by atoms with van der Waals surface area (Å²) < 4.78 is 15.3. The van der Waals surface area contributed by atoms with Crippen molar-refractivity contribution in [3.05, 3.63) is 41.8 Å². The first-order chi connectivity index (χ1) is 8.70. The van der Waals surface area contributed by atoms with Crippen molar-refractivity contribution in [1.82, 2.24) is 5.16 Å². The number of hydrogen-bond donors (Lipinski definition) is 1. The van der Waals surface area contributed by atoms with Gasteiger partial charge < -0.3 is 19.1 Å². The predicted octanol–water partition coefficient (Wildman–Crippen LogP) is 1.96. The highest BCUT2D eigenvalue weighted by Gasteiger charge is 2.13. The number of ether oxygens (including phenoxy) is 2. The molecule has 1 aromatic heterocycles. The van der Waals surface area contributed by atoms with Crippen LogP contribution in [-0.4, -0.2) is 23.3 Å². The second kappa shape index (κ2) is 5.22. The van der Waals surface area contributed by atoms with Crippen molar-refractivity contribution in [2.45, 2.75) is 6.61 Å². The number of aromatic carboxylic acids is 1. The van der Waals surface area contributed by atoms with Crippen molar-refractivity contribution in [2.24, 2.45) is 0 Å². The zero-order valence-electron chi connectivity index (χ0n) is 9.62. The summed E-state index contributed by atoms with van der Waals surface area (Å²) in [5, 5.41) is 12.6. The van der Waals surface area contributed by atoms with Crippen molar-refractivity contribution in [3.8, 4) is 11.5 Å². The molecular formula is C12H11NO5. The van der Waals surface area contributed by atoms with Gasteiger partial charge in [0.05, 0.1) is 13.3 Å². The number of carboxylic acid groups (broad SMARTS) is 1. The first kappa shape index (κ1) is 12.0. The standard InChI is InChI=1S/C12H11NO5/c1-16-8-2-3-10(12(14)15)11(6-8)17-7-9-4-5-13-18-9/h2-6H,7H2,1H3,(H,14,15). The quantitative estimate of drug-likeness (QED) is 0.872. The maximum atomic E-state index is 11.0. The molecule has 0 aliphatic rings. The highest BCUT2D eigenvalue weighted by Crippen LogP contribution is 2.25. The van der Waals surface area contributed by atoms with Gasteiger partial charge in [-0.25, -0.2) is 4.79 Å². The minimum absolute atomic E-state index is 0.0651. The number of nitrogens with zero attached hydrogens (tertiary/aromatic N) is 1. The summed E-state index contributed by atoms with van der Waals surface area (Å²) in [6.45, 7) is 0.105. The van der Waals surface area contributed by atoms with E-state index in [0.29, 0.717) is 11.5 Å². The molecule has 2 rings (SSSR count). The van der Waals surface area contributed by atoms with Gasteiger partial charge >= 0.3 is 5.97 Å². The van der Waals surface area contributed by atoms with Crippen LogP contribution in [0.1, 0.15) is 16.1 Å². The fourth-order valence-corrected chi connectivity index (χ4v) is 1.39. The Morgan fingerprint density at radius 2 is 2.28 bits per heavy atom. The number of rotatable bonds is 5. The van der Waals surface area contributed by atoms with E-state index in [0.717, 1.165) is 0 Å². The highest BCUT2D eigenvalue weighted by molar-refractivity contribution is 5.91. The first-order valence-corrected chi connectivity index (χ1v) is 5.14. The molecule has 6 heteroatoms. The number of aromatic nitrogens is 1. The van der Waals surface area contributed by atoms with Gasteiger partial charge in [0, 0.05) is 12.1 Å². The molecule has 1 N–H and O–H groups in total. The maximum absolute atomic E-state index is 11.0. The van der Waals surface area contributed by atoms with Crippen LogP contribution >= 0.6 is 0 Å². The van der Waals surface area contributed by atoms with Crippen LogP contribution in [0.4, 0.5) is 0 Å². The molecule has 0 unspecified atom stereocenters. The molecule has 0 aliphatic carbocycles. The fraction of sp³-hybridized carbons (Fsp3) is 0.167. The molecule has 1 heterocycles. The third-order valence-electron chi connectivity index (χ3n) is 2.28. The fourth-order valence-electron chi connectivity index (χ4n) is 1.39. The Hall–Kier alpha value is -2.50. The van der Waals surface area contributed by atoms with Gasteiger partial charge in [-0.1, -0.05) is 5.16 Å². The van der Waals surface area contributed by atoms with Gasteiger partial charge in [-0.05, 0) is 12.1 Å². The molecule has 6 nitrogen and oxygen atoms in total. The molecule has 0 aliphatic heterocycles. The number of methoxy groups -OCH3 is 1. The van der Waals surface area contributed by atoms with Crippen LogP contribution < -0.4 is 9.47 Å². The Balaban J connectivity index is 2.20. The van der Waals surface area contributed by atoms with E-state index >= 15 is 0 Å².